The molecule has 0 aromatic carbocycles. The third-order valence-electron chi connectivity index (χ3n) is 8.81. The van der Waals surface area contributed by atoms with Crippen molar-refractivity contribution in [2.75, 3.05) is 19.8 Å². The number of hydrogen-bond acceptors (Lipinski definition) is 10. The van der Waals surface area contributed by atoms with Gasteiger partial charge in [-0.3, -0.25) is 9.59 Å². The summed E-state index contributed by atoms with van der Waals surface area (Å²) in [6.07, 6.45) is 23.3. The van der Waals surface area contributed by atoms with Gasteiger partial charge in [0.2, 0.25) is 0 Å². The van der Waals surface area contributed by atoms with Crippen molar-refractivity contribution in [2.45, 2.75) is 192 Å². The number of esters is 2. The van der Waals surface area contributed by atoms with E-state index in [9.17, 15) is 30.0 Å². The molecule has 49 heavy (non-hydrogen) atoms. The second-order valence-corrected chi connectivity index (χ2v) is 13.4. The largest absolute Gasteiger partial charge is 0.462 e. The molecule has 0 aromatic heterocycles. The normalized spacial score (nSPS) is 21.8. The van der Waals surface area contributed by atoms with E-state index in [2.05, 4.69) is 38.2 Å². The highest BCUT2D eigenvalue weighted by molar-refractivity contribution is 5.70. The molecule has 1 fully saturated rings. The van der Waals surface area contributed by atoms with E-state index in [1.807, 2.05) is 0 Å². The molecule has 286 valence electrons. The number of hydrogen-bond donors (Lipinski definition) is 4. The number of carbonyl (C=O) groups is 2. The van der Waals surface area contributed by atoms with Gasteiger partial charge in [-0.15, -0.1) is 0 Å². The monoisotopic (exact) mass is 698 g/mol. The molecule has 0 bridgehead atoms. The van der Waals surface area contributed by atoms with Crippen LogP contribution in [0.5, 0.6) is 0 Å². The first-order valence-electron chi connectivity index (χ1n) is 19.4. The fraction of sp³-hybridized carbons (Fsp3) is 0.846. The van der Waals surface area contributed by atoms with Gasteiger partial charge in [-0.25, -0.2) is 0 Å². The summed E-state index contributed by atoms with van der Waals surface area (Å²) < 4.78 is 22.0. The number of ether oxygens (including phenoxy) is 4. The molecule has 0 aliphatic carbocycles. The van der Waals surface area contributed by atoms with Crippen molar-refractivity contribution in [1.29, 1.82) is 0 Å². The molecule has 10 heteroatoms. The number of unbranched alkanes of at least 4 members (excludes halogenated alkanes) is 16. The summed E-state index contributed by atoms with van der Waals surface area (Å²) in [7, 11) is 0. The molecule has 0 amide bonds. The van der Waals surface area contributed by atoms with Crippen molar-refractivity contribution in [2.24, 2.45) is 0 Å². The predicted molar refractivity (Wildman–Crippen MR) is 192 cm³/mol. The van der Waals surface area contributed by atoms with Gasteiger partial charge in [0.05, 0.1) is 13.2 Å². The Balaban J connectivity index is 2.42. The van der Waals surface area contributed by atoms with Crippen LogP contribution in [0.4, 0.5) is 0 Å². The van der Waals surface area contributed by atoms with Crippen LogP contribution in [0.15, 0.2) is 24.3 Å². The Morgan fingerprint density at radius 1 is 0.612 bits per heavy atom. The summed E-state index contributed by atoms with van der Waals surface area (Å²) in [6, 6.07) is 0. The zero-order valence-corrected chi connectivity index (χ0v) is 30.7. The van der Waals surface area contributed by atoms with Gasteiger partial charge in [0.15, 0.2) is 12.4 Å². The third kappa shape index (κ3) is 23.3. The third-order valence-corrected chi connectivity index (χ3v) is 8.81. The Kier molecular flexibility index (Phi) is 28.6. The standard InChI is InChI=1S/C39H70O10/c1-3-5-7-9-11-13-15-17-19-21-23-25-27-34(41)46-30-32(31-47-39-38(45)37(44)36(43)33(29-40)49-39)48-35(42)28-26-24-22-20-18-16-14-12-10-8-6-4-2/h11-14,32-33,36-40,43-45H,3-10,15-31H2,1-2H3/b13-11-,14-12-. The molecule has 0 radical (unpaired) electrons. The van der Waals surface area contributed by atoms with Gasteiger partial charge in [0, 0.05) is 12.8 Å². The van der Waals surface area contributed by atoms with E-state index in [4.69, 9.17) is 18.9 Å². The maximum absolute atomic E-state index is 12.7. The van der Waals surface area contributed by atoms with Crippen LogP contribution in [-0.2, 0) is 28.5 Å². The van der Waals surface area contributed by atoms with E-state index in [1.165, 1.54) is 38.5 Å². The highest BCUT2D eigenvalue weighted by Gasteiger charge is 2.44. The van der Waals surface area contributed by atoms with Crippen LogP contribution in [0.25, 0.3) is 0 Å². The fourth-order valence-electron chi connectivity index (χ4n) is 5.65. The van der Waals surface area contributed by atoms with Gasteiger partial charge in [0.25, 0.3) is 0 Å². The Hall–Kier alpha value is -1.82. The van der Waals surface area contributed by atoms with Gasteiger partial charge in [-0.1, -0.05) is 102 Å². The lowest BCUT2D eigenvalue weighted by Crippen LogP contribution is -2.59. The first kappa shape index (κ1) is 45.2. The van der Waals surface area contributed by atoms with Gasteiger partial charge < -0.3 is 39.4 Å². The van der Waals surface area contributed by atoms with Crippen LogP contribution in [0, 0.1) is 0 Å². The Morgan fingerprint density at radius 3 is 1.59 bits per heavy atom. The van der Waals surface area contributed by atoms with E-state index in [1.54, 1.807) is 0 Å². The lowest BCUT2D eigenvalue weighted by Gasteiger charge is -2.39. The molecule has 6 atom stereocenters. The summed E-state index contributed by atoms with van der Waals surface area (Å²) in [5.74, 6) is -0.830. The van der Waals surface area contributed by atoms with E-state index < -0.39 is 49.4 Å². The van der Waals surface area contributed by atoms with Crippen molar-refractivity contribution in [3.8, 4) is 0 Å². The van der Waals surface area contributed by atoms with Crippen LogP contribution in [0.3, 0.4) is 0 Å². The van der Waals surface area contributed by atoms with Crippen LogP contribution in [-0.4, -0.2) is 89.0 Å². The lowest BCUT2D eigenvalue weighted by molar-refractivity contribution is -0.305. The molecule has 1 aliphatic rings. The molecule has 4 N–H and O–H groups in total. The zero-order valence-electron chi connectivity index (χ0n) is 30.7. The van der Waals surface area contributed by atoms with Crippen LogP contribution in [0.2, 0.25) is 0 Å². The van der Waals surface area contributed by atoms with Crippen molar-refractivity contribution >= 4 is 11.9 Å². The molecule has 0 aromatic rings. The number of carbonyl (C=O) groups excluding carboxylic acids is 2. The van der Waals surface area contributed by atoms with Crippen LogP contribution >= 0.6 is 0 Å². The first-order chi connectivity index (χ1) is 23.8. The summed E-state index contributed by atoms with van der Waals surface area (Å²) in [6.45, 7) is 3.33. The number of aliphatic hydroxyl groups is 4. The highest BCUT2D eigenvalue weighted by atomic mass is 16.7. The van der Waals surface area contributed by atoms with E-state index in [0.717, 1.165) is 77.0 Å². The van der Waals surface area contributed by atoms with Crippen LogP contribution < -0.4 is 0 Å². The molecule has 1 heterocycles. The lowest BCUT2D eigenvalue weighted by atomic mass is 9.99. The zero-order chi connectivity index (χ0) is 36.0. The molecule has 0 spiro atoms. The molecule has 1 rings (SSSR count). The molecule has 1 aliphatic heterocycles. The van der Waals surface area contributed by atoms with Crippen LogP contribution in [0.1, 0.15) is 155 Å². The molecular formula is C39H70O10. The Morgan fingerprint density at radius 2 is 1.08 bits per heavy atom. The summed E-state index contributed by atoms with van der Waals surface area (Å²) >= 11 is 0. The molecular weight excluding hydrogens is 628 g/mol. The van der Waals surface area contributed by atoms with Crippen molar-refractivity contribution in [3.05, 3.63) is 24.3 Å². The maximum Gasteiger partial charge on any atom is 0.306 e. The molecule has 0 saturated carbocycles. The predicted octanol–water partition coefficient (Wildman–Crippen LogP) is 6.99. The molecule has 6 unspecified atom stereocenters. The summed E-state index contributed by atoms with van der Waals surface area (Å²) in [5, 5.41) is 39.9. The Labute approximate surface area is 296 Å². The second kappa shape index (κ2) is 31.0. The molecule has 1 saturated heterocycles. The second-order valence-electron chi connectivity index (χ2n) is 13.4. The highest BCUT2D eigenvalue weighted by Crippen LogP contribution is 2.22. The number of aliphatic hydroxyl groups excluding tert-OH is 4. The van der Waals surface area contributed by atoms with Gasteiger partial charge in [-0.05, 0) is 64.2 Å². The fourth-order valence-corrected chi connectivity index (χ4v) is 5.65. The number of rotatable bonds is 31. The number of allylic oxidation sites excluding steroid dienone is 4. The quantitative estimate of drug-likeness (QED) is 0.0339. The van der Waals surface area contributed by atoms with E-state index in [0.29, 0.717) is 12.8 Å². The smallest absolute Gasteiger partial charge is 0.306 e. The average molecular weight is 699 g/mol. The SMILES string of the molecule is CCCCC/C=C\CCCCCCCC(=O)OCC(COC1OC(CO)C(O)C(O)C1O)OC(=O)CCCCCCC/C=C\CCCCC. The summed E-state index contributed by atoms with van der Waals surface area (Å²) in [5.41, 5.74) is 0. The van der Waals surface area contributed by atoms with E-state index >= 15 is 0 Å². The van der Waals surface area contributed by atoms with Crippen molar-refractivity contribution < 1.29 is 49.0 Å². The van der Waals surface area contributed by atoms with Gasteiger partial charge in [0.1, 0.15) is 31.0 Å². The minimum Gasteiger partial charge on any atom is -0.462 e. The van der Waals surface area contributed by atoms with Crippen molar-refractivity contribution in [3.63, 3.8) is 0 Å². The minimum absolute atomic E-state index is 0.219. The van der Waals surface area contributed by atoms with E-state index in [-0.39, 0.29) is 32.0 Å². The average Bonchev–Trinajstić information content (AvgIpc) is 3.10. The van der Waals surface area contributed by atoms with Gasteiger partial charge in [-0.2, -0.15) is 0 Å². The van der Waals surface area contributed by atoms with Crippen molar-refractivity contribution in [1.82, 2.24) is 0 Å². The molecule has 10 nitrogen and oxygen atoms in total. The minimum atomic E-state index is -1.59. The topological polar surface area (TPSA) is 152 Å². The summed E-state index contributed by atoms with van der Waals surface area (Å²) in [4.78, 5) is 25.1. The first-order valence-corrected chi connectivity index (χ1v) is 19.4. The maximum atomic E-state index is 12.7. The van der Waals surface area contributed by atoms with Gasteiger partial charge >= 0.3 is 11.9 Å². The Bertz CT molecular complexity index is 861.